The number of aromatic nitrogens is 1. The second-order valence-corrected chi connectivity index (χ2v) is 7.32. The van der Waals surface area contributed by atoms with Crippen LogP contribution in [0.25, 0.3) is 10.9 Å². The molecule has 2 atom stereocenters. The molecule has 0 saturated heterocycles. The van der Waals surface area contributed by atoms with Crippen molar-refractivity contribution in [1.82, 2.24) is 4.98 Å². The molecule has 106 valence electrons. The van der Waals surface area contributed by atoms with Gasteiger partial charge in [-0.2, -0.15) is 11.8 Å². The molecule has 5 heteroatoms. The molecule has 0 amide bonds. The van der Waals surface area contributed by atoms with Gasteiger partial charge in [0.2, 0.25) is 0 Å². The molecule has 3 rings (SSSR count). The van der Waals surface area contributed by atoms with Gasteiger partial charge in [0.15, 0.2) is 0 Å². The fourth-order valence-corrected chi connectivity index (χ4v) is 3.99. The quantitative estimate of drug-likeness (QED) is 0.866. The fraction of sp³-hybridized carbons (Fsp3) is 0.400. The van der Waals surface area contributed by atoms with Crippen LogP contribution >= 0.6 is 27.7 Å². The highest BCUT2D eigenvalue weighted by molar-refractivity contribution is 9.10. The zero-order valence-electron chi connectivity index (χ0n) is 11.4. The second-order valence-electron chi connectivity index (χ2n) is 5.26. The summed E-state index contributed by atoms with van der Waals surface area (Å²) in [4.78, 5) is 4.40. The maximum Gasteiger partial charge on any atom is 0.0743 e. The van der Waals surface area contributed by atoms with Crippen LogP contribution in [0.3, 0.4) is 0 Å². The Hall–Kier alpha value is -0.940. The predicted octanol–water partition coefficient (Wildman–Crippen LogP) is 4.28. The smallest absolute Gasteiger partial charge is 0.0743 e. The molecule has 0 spiro atoms. The number of hydrogen-bond donors (Lipinski definition) is 2. The topological polar surface area (TPSA) is 50.9 Å². The normalized spacial score (nSPS) is 22.3. The summed E-state index contributed by atoms with van der Waals surface area (Å²) >= 11 is 5.49. The Morgan fingerprint density at radius 3 is 3.00 bits per heavy atom. The third kappa shape index (κ3) is 2.74. The van der Waals surface area contributed by atoms with Gasteiger partial charge in [0.05, 0.1) is 23.1 Å². The van der Waals surface area contributed by atoms with Crippen LogP contribution < -0.4 is 11.1 Å². The first-order valence-corrected chi connectivity index (χ1v) is 8.88. The number of nitrogens with one attached hydrogen (secondary N) is 1. The maximum absolute atomic E-state index is 6.14. The van der Waals surface area contributed by atoms with Crippen LogP contribution in [0.2, 0.25) is 0 Å². The Kier molecular flexibility index (Phi) is 4.08. The Bertz CT molecular complexity index is 627. The van der Waals surface area contributed by atoms with Crippen molar-refractivity contribution in [3.63, 3.8) is 0 Å². The molecule has 1 aliphatic carbocycles. The second kappa shape index (κ2) is 5.82. The van der Waals surface area contributed by atoms with Crippen LogP contribution in [-0.4, -0.2) is 22.5 Å². The molecular weight excluding hydrogens is 334 g/mol. The fourth-order valence-electron chi connectivity index (χ4n) is 2.83. The van der Waals surface area contributed by atoms with E-state index in [9.17, 15) is 0 Å². The van der Waals surface area contributed by atoms with Crippen LogP contribution in [0, 0.1) is 0 Å². The standard InChI is InChI=1S/C15H18BrN3S/c1-20-11-4-3-10(7-11)19-15-12-6-9(16)2-5-14(12)18-8-13(15)17/h2,5-6,8,10-11H,3-4,7,17H2,1H3,(H,18,19). The van der Waals surface area contributed by atoms with Gasteiger partial charge in [-0.3, -0.25) is 4.98 Å². The van der Waals surface area contributed by atoms with Crippen molar-refractivity contribution in [3.8, 4) is 0 Å². The van der Waals surface area contributed by atoms with E-state index in [0.717, 1.165) is 32.0 Å². The molecule has 1 aromatic heterocycles. The number of pyridine rings is 1. The van der Waals surface area contributed by atoms with Crippen LogP contribution in [0.4, 0.5) is 11.4 Å². The molecule has 1 aliphatic rings. The van der Waals surface area contributed by atoms with Crippen molar-refractivity contribution in [2.24, 2.45) is 0 Å². The minimum atomic E-state index is 0.513. The summed E-state index contributed by atoms with van der Waals surface area (Å²) < 4.78 is 1.05. The zero-order valence-corrected chi connectivity index (χ0v) is 13.8. The van der Waals surface area contributed by atoms with E-state index in [1.807, 2.05) is 23.9 Å². The van der Waals surface area contributed by atoms with Gasteiger partial charge in [-0.15, -0.1) is 0 Å². The number of benzene rings is 1. The van der Waals surface area contributed by atoms with E-state index in [-0.39, 0.29) is 0 Å². The molecule has 3 N–H and O–H groups in total. The van der Waals surface area contributed by atoms with E-state index >= 15 is 0 Å². The highest BCUT2D eigenvalue weighted by Gasteiger charge is 2.24. The average Bonchev–Trinajstić information content (AvgIpc) is 2.90. The van der Waals surface area contributed by atoms with Crippen molar-refractivity contribution in [2.45, 2.75) is 30.6 Å². The summed E-state index contributed by atoms with van der Waals surface area (Å²) in [6.07, 6.45) is 7.65. The molecule has 1 saturated carbocycles. The van der Waals surface area contributed by atoms with Crippen molar-refractivity contribution in [3.05, 3.63) is 28.9 Å². The van der Waals surface area contributed by atoms with Gasteiger partial charge < -0.3 is 11.1 Å². The monoisotopic (exact) mass is 351 g/mol. The van der Waals surface area contributed by atoms with Crippen molar-refractivity contribution in [2.75, 3.05) is 17.3 Å². The Balaban J connectivity index is 1.94. The average molecular weight is 352 g/mol. The molecule has 3 nitrogen and oxygen atoms in total. The van der Waals surface area contributed by atoms with E-state index in [1.54, 1.807) is 6.20 Å². The molecular formula is C15H18BrN3S. The van der Waals surface area contributed by atoms with Crippen LogP contribution in [0.15, 0.2) is 28.9 Å². The number of thioether (sulfide) groups is 1. The van der Waals surface area contributed by atoms with Crippen molar-refractivity contribution < 1.29 is 0 Å². The molecule has 2 unspecified atom stereocenters. The van der Waals surface area contributed by atoms with Gasteiger partial charge in [-0.25, -0.2) is 0 Å². The van der Waals surface area contributed by atoms with Gasteiger partial charge in [0.25, 0.3) is 0 Å². The van der Waals surface area contributed by atoms with Crippen molar-refractivity contribution in [1.29, 1.82) is 0 Å². The molecule has 1 heterocycles. The number of halogens is 1. The Morgan fingerprint density at radius 2 is 2.25 bits per heavy atom. The molecule has 1 fully saturated rings. The predicted molar refractivity (Wildman–Crippen MR) is 92.4 cm³/mol. The molecule has 1 aromatic carbocycles. The van der Waals surface area contributed by atoms with Gasteiger partial charge in [0.1, 0.15) is 0 Å². The molecule has 2 aromatic rings. The zero-order chi connectivity index (χ0) is 14.1. The molecule has 0 radical (unpaired) electrons. The van der Waals surface area contributed by atoms with Crippen molar-refractivity contribution >= 4 is 50.0 Å². The van der Waals surface area contributed by atoms with E-state index in [0.29, 0.717) is 6.04 Å². The lowest BCUT2D eigenvalue weighted by atomic mass is 10.1. The third-order valence-corrected chi connectivity index (χ3v) is 5.51. The van der Waals surface area contributed by atoms with Crippen LogP contribution in [-0.2, 0) is 0 Å². The molecule has 0 aliphatic heterocycles. The molecule has 20 heavy (non-hydrogen) atoms. The van der Waals surface area contributed by atoms with E-state index in [2.05, 4.69) is 38.6 Å². The van der Waals surface area contributed by atoms with Gasteiger partial charge >= 0.3 is 0 Å². The number of nitrogens with zero attached hydrogens (tertiary/aromatic N) is 1. The Morgan fingerprint density at radius 1 is 1.40 bits per heavy atom. The first kappa shape index (κ1) is 14.0. The minimum absolute atomic E-state index is 0.513. The van der Waals surface area contributed by atoms with Crippen LogP contribution in [0.1, 0.15) is 19.3 Å². The minimum Gasteiger partial charge on any atom is -0.396 e. The summed E-state index contributed by atoms with van der Waals surface area (Å²) in [5.41, 5.74) is 8.87. The first-order chi connectivity index (χ1) is 9.67. The largest absolute Gasteiger partial charge is 0.396 e. The maximum atomic E-state index is 6.14. The Labute approximate surface area is 131 Å². The summed E-state index contributed by atoms with van der Waals surface area (Å²) in [5.74, 6) is 0. The van der Waals surface area contributed by atoms with E-state index < -0.39 is 0 Å². The highest BCUT2D eigenvalue weighted by atomic mass is 79.9. The van der Waals surface area contributed by atoms with E-state index in [4.69, 9.17) is 5.73 Å². The lowest BCUT2D eigenvalue weighted by Crippen LogP contribution is -2.17. The number of nitrogen functional groups attached to an aromatic ring is 1. The van der Waals surface area contributed by atoms with Gasteiger partial charge in [-0.05, 0) is 43.7 Å². The number of hydrogen-bond acceptors (Lipinski definition) is 4. The number of fused-ring (bicyclic) bond motifs is 1. The SMILES string of the molecule is CSC1CCC(Nc2c(N)cnc3ccc(Br)cc23)C1. The van der Waals surface area contributed by atoms with Crippen LogP contribution in [0.5, 0.6) is 0 Å². The number of nitrogens with two attached hydrogens (primary N) is 1. The number of rotatable bonds is 3. The lowest BCUT2D eigenvalue weighted by Gasteiger charge is -2.18. The van der Waals surface area contributed by atoms with Gasteiger partial charge in [0, 0.05) is 21.2 Å². The summed E-state index contributed by atoms with van der Waals surface area (Å²) in [5, 5.41) is 5.51. The summed E-state index contributed by atoms with van der Waals surface area (Å²) in [7, 11) is 0. The number of anilines is 2. The molecule has 0 bridgehead atoms. The van der Waals surface area contributed by atoms with Gasteiger partial charge in [-0.1, -0.05) is 15.9 Å². The third-order valence-electron chi connectivity index (χ3n) is 3.93. The first-order valence-electron chi connectivity index (χ1n) is 6.80. The summed E-state index contributed by atoms with van der Waals surface area (Å²) in [6, 6.07) is 6.62. The summed E-state index contributed by atoms with van der Waals surface area (Å²) in [6.45, 7) is 0. The highest BCUT2D eigenvalue weighted by Crippen LogP contribution is 2.35. The lowest BCUT2D eigenvalue weighted by molar-refractivity contribution is 0.758. The van der Waals surface area contributed by atoms with E-state index in [1.165, 1.54) is 19.3 Å².